The van der Waals surface area contributed by atoms with Crippen molar-refractivity contribution < 1.29 is 4.79 Å². The van der Waals surface area contributed by atoms with Crippen LogP contribution in [0, 0.1) is 28.6 Å². The van der Waals surface area contributed by atoms with E-state index in [1.54, 1.807) is 0 Å². The fraction of sp³-hybridized carbons (Fsp3) is 0.867. The molecule has 0 spiro atoms. The first-order valence-electron chi connectivity index (χ1n) is 7.27. The van der Waals surface area contributed by atoms with E-state index < -0.39 is 5.41 Å². The monoisotopic (exact) mass is 250 g/mol. The summed E-state index contributed by atoms with van der Waals surface area (Å²) in [6, 6.07) is 2.20. The predicted octanol–water partition coefficient (Wildman–Crippen LogP) is 3.26. The first-order valence-corrected chi connectivity index (χ1v) is 7.27. The molecule has 2 unspecified atom stereocenters. The van der Waals surface area contributed by atoms with Gasteiger partial charge in [0.2, 0.25) is 5.91 Å². The van der Waals surface area contributed by atoms with Gasteiger partial charge < -0.3 is 5.32 Å². The zero-order chi connectivity index (χ0) is 13.6. The van der Waals surface area contributed by atoms with Crippen LogP contribution in [0.5, 0.6) is 0 Å². The number of hydrogen-bond acceptors (Lipinski definition) is 2. The van der Waals surface area contributed by atoms with Crippen LogP contribution in [0.3, 0.4) is 0 Å². The molecule has 2 atom stereocenters. The molecule has 1 saturated carbocycles. The van der Waals surface area contributed by atoms with Gasteiger partial charge in [0, 0.05) is 6.54 Å². The molecule has 0 heterocycles. The van der Waals surface area contributed by atoms with Crippen LogP contribution in [0.1, 0.15) is 59.3 Å². The normalized spacial score (nSPS) is 24.3. The average molecular weight is 250 g/mol. The molecule has 0 aromatic rings. The van der Waals surface area contributed by atoms with Crippen molar-refractivity contribution in [1.82, 2.24) is 5.32 Å². The minimum absolute atomic E-state index is 0.0757. The van der Waals surface area contributed by atoms with Crippen molar-refractivity contribution in [2.45, 2.75) is 59.3 Å². The van der Waals surface area contributed by atoms with Gasteiger partial charge in [-0.05, 0) is 37.5 Å². The molecule has 0 aliphatic heterocycles. The molecule has 1 aliphatic carbocycles. The summed E-state index contributed by atoms with van der Waals surface area (Å²) in [6.45, 7) is 6.85. The predicted molar refractivity (Wildman–Crippen MR) is 72.8 cm³/mol. The summed E-state index contributed by atoms with van der Waals surface area (Å²) in [5.74, 6) is 1.30. The minimum atomic E-state index is -0.819. The van der Waals surface area contributed by atoms with E-state index in [9.17, 15) is 10.1 Å². The maximum atomic E-state index is 12.1. The molecule has 0 saturated heterocycles. The van der Waals surface area contributed by atoms with Gasteiger partial charge in [-0.1, -0.05) is 33.6 Å². The quantitative estimate of drug-likeness (QED) is 0.814. The van der Waals surface area contributed by atoms with E-state index in [1.165, 1.54) is 25.7 Å². The number of carbonyl (C=O) groups excluding carboxylic acids is 1. The van der Waals surface area contributed by atoms with Gasteiger partial charge in [0.25, 0.3) is 0 Å². The largest absolute Gasteiger partial charge is 0.354 e. The Morgan fingerprint density at radius 3 is 2.56 bits per heavy atom. The van der Waals surface area contributed by atoms with Crippen molar-refractivity contribution in [3.05, 3.63) is 0 Å². The summed E-state index contributed by atoms with van der Waals surface area (Å²) >= 11 is 0. The van der Waals surface area contributed by atoms with Gasteiger partial charge in [-0.15, -0.1) is 0 Å². The Balaban J connectivity index is 2.47. The van der Waals surface area contributed by atoms with Crippen molar-refractivity contribution in [3.63, 3.8) is 0 Å². The molecule has 18 heavy (non-hydrogen) atoms. The van der Waals surface area contributed by atoms with Crippen molar-refractivity contribution in [2.24, 2.45) is 17.3 Å². The zero-order valence-electron chi connectivity index (χ0n) is 12.0. The van der Waals surface area contributed by atoms with E-state index in [-0.39, 0.29) is 5.91 Å². The van der Waals surface area contributed by atoms with E-state index in [4.69, 9.17) is 0 Å². The van der Waals surface area contributed by atoms with E-state index in [0.717, 1.165) is 12.5 Å². The summed E-state index contributed by atoms with van der Waals surface area (Å²) < 4.78 is 0. The maximum Gasteiger partial charge on any atom is 0.240 e. The summed E-state index contributed by atoms with van der Waals surface area (Å²) in [7, 11) is 0. The molecule has 3 heteroatoms. The number of hydrogen-bond donors (Lipinski definition) is 1. The lowest BCUT2D eigenvalue weighted by Gasteiger charge is -2.28. The van der Waals surface area contributed by atoms with E-state index in [2.05, 4.69) is 18.3 Å². The molecule has 3 nitrogen and oxygen atoms in total. The van der Waals surface area contributed by atoms with Gasteiger partial charge in [0.05, 0.1) is 6.07 Å². The third-order valence-electron chi connectivity index (χ3n) is 4.45. The van der Waals surface area contributed by atoms with Crippen molar-refractivity contribution in [2.75, 3.05) is 6.54 Å². The van der Waals surface area contributed by atoms with Gasteiger partial charge in [-0.2, -0.15) is 5.26 Å². The van der Waals surface area contributed by atoms with Gasteiger partial charge in [-0.3, -0.25) is 4.79 Å². The first kappa shape index (κ1) is 15.0. The van der Waals surface area contributed by atoms with Crippen LogP contribution in [0.25, 0.3) is 0 Å². The van der Waals surface area contributed by atoms with Crippen LogP contribution in [-0.4, -0.2) is 12.5 Å². The van der Waals surface area contributed by atoms with Crippen LogP contribution in [0.15, 0.2) is 0 Å². The highest BCUT2D eigenvalue weighted by Crippen LogP contribution is 2.29. The highest BCUT2D eigenvalue weighted by molar-refractivity contribution is 5.85. The number of nitrogens with one attached hydrogen (secondary N) is 1. The molecule has 1 N–H and O–H groups in total. The third-order valence-corrected chi connectivity index (χ3v) is 4.45. The standard InChI is InChI=1S/C15H26N2O/c1-4-15(5-2,11-16)14(18)17-10-13-8-6-7-12(3)9-13/h12-13H,4-10H2,1-3H3,(H,17,18). The Morgan fingerprint density at radius 2 is 2.06 bits per heavy atom. The number of amides is 1. The molecule has 1 aliphatic rings. The second kappa shape index (κ2) is 6.78. The average Bonchev–Trinajstić information content (AvgIpc) is 2.39. The van der Waals surface area contributed by atoms with E-state index >= 15 is 0 Å². The number of rotatable bonds is 5. The fourth-order valence-electron chi connectivity index (χ4n) is 2.93. The van der Waals surface area contributed by atoms with Crippen molar-refractivity contribution >= 4 is 5.91 Å². The molecule has 0 bridgehead atoms. The van der Waals surface area contributed by atoms with Crippen molar-refractivity contribution in [1.29, 1.82) is 5.26 Å². The molecular weight excluding hydrogens is 224 g/mol. The van der Waals surface area contributed by atoms with Gasteiger partial charge in [0.1, 0.15) is 5.41 Å². The molecule has 1 rings (SSSR count). The maximum absolute atomic E-state index is 12.1. The second-order valence-electron chi connectivity index (χ2n) is 5.75. The molecule has 0 aromatic heterocycles. The highest BCUT2D eigenvalue weighted by atomic mass is 16.2. The van der Waals surface area contributed by atoms with Gasteiger partial charge in [-0.25, -0.2) is 0 Å². The van der Waals surface area contributed by atoms with E-state index in [0.29, 0.717) is 18.8 Å². The Kier molecular flexibility index (Phi) is 5.65. The lowest BCUT2D eigenvalue weighted by molar-refractivity contribution is -0.128. The van der Waals surface area contributed by atoms with Crippen LogP contribution in [0.2, 0.25) is 0 Å². The third kappa shape index (κ3) is 3.48. The lowest BCUT2D eigenvalue weighted by atomic mass is 9.81. The number of carbonyl (C=O) groups is 1. The van der Waals surface area contributed by atoms with Crippen LogP contribution in [0.4, 0.5) is 0 Å². The molecule has 102 valence electrons. The van der Waals surface area contributed by atoms with Crippen LogP contribution < -0.4 is 5.32 Å². The number of nitrogens with zero attached hydrogens (tertiary/aromatic N) is 1. The van der Waals surface area contributed by atoms with Gasteiger partial charge >= 0.3 is 0 Å². The van der Waals surface area contributed by atoms with Crippen LogP contribution in [-0.2, 0) is 4.79 Å². The molecule has 1 amide bonds. The smallest absolute Gasteiger partial charge is 0.240 e. The van der Waals surface area contributed by atoms with Crippen molar-refractivity contribution in [3.8, 4) is 6.07 Å². The fourth-order valence-corrected chi connectivity index (χ4v) is 2.93. The Labute approximate surface area is 111 Å². The molecule has 1 fully saturated rings. The first-order chi connectivity index (χ1) is 8.57. The SMILES string of the molecule is CCC(C#N)(CC)C(=O)NCC1CCCC(C)C1. The summed E-state index contributed by atoms with van der Waals surface area (Å²) in [6.07, 6.45) is 6.18. The highest BCUT2D eigenvalue weighted by Gasteiger charge is 2.35. The Hall–Kier alpha value is -1.04. The summed E-state index contributed by atoms with van der Waals surface area (Å²) in [5, 5.41) is 12.2. The van der Waals surface area contributed by atoms with E-state index in [1.807, 2.05) is 13.8 Å². The van der Waals surface area contributed by atoms with Gasteiger partial charge in [0.15, 0.2) is 0 Å². The molecular formula is C15H26N2O. The molecule has 0 radical (unpaired) electrons. The number of nitriles is 1. The molecule has 0 aromatic carbocycles. The zero-order valence-corrected chi connectivity index (χ0v) is 12.0. The van der Waals surface area contributed by atoms with Crippen LogP contribution >= 0.6 is 0 Å². The Morgan fingerprint density at radius 1 is 1.39 bits per heavy atom. The second-order valence-corrected chi connectivity index (χ2v) is 5.75. The topological polar surface area (TPSA) is 52.9 Å². The summed E-state index contributed by atoms with van der Waals surface area (Å²) in [5.41, 5.74) is -0.819. The summed E-state index contributed by atoms with van der Waals surface area (Å²) in [4.78, 5) is 12.1. The minimum Gasteiger partial charge on any atom is -0.354 e. The Bertz CT molecular complexity index is 315. The lowest BCUT2D eigenvalue weighted by Crippen LogP contribution is -2.42.